The van der Waals surface area contributed by atoms with Crippen molar-refractivity contribution in [2.75, 3.05) is 0 Å². The molecule has 7 rings (SSSR count). The summed E-state index contributed by atoms with van der Waals surface area (Å²) in [5.41, 5.74) is 7.12. The quantitative estimate of drug-likeness (QED) is 0.184. The number of H-pyrrole nitrogens is 1. The van der Waals surface area contributed by atoms with E-state index in [1.54, 1.807) is 12.1 Å². The Morgan fingerprint density at radius 1 is 0.925 bits per heavy atom. The lowest BCUT2D eigenvalue weighted by Gasteiger charge is -2.69. The zero-order valence-corrected chi connectivity index (χ0v) is 25.0. The molecule has 1 unspecified atom stereocenters. The van der Waals surface area contributed by atoms with E-state index in [4.69, 9.17) is 0 Å². The van der Waals surface area contributed by atoms with Crippen molar-refractivity contribution in [3.8, 4) is 17.2 Å². The summed E-state index contributed by atoms with van der Waals surface area (Å²) in [6.45, 7) is 14.6. The smallest absolute Gasteiger partial charge is 0.160 e. The van der Waals surface area contributed by atoms with Gasteiger partial charge in [0.25, 0.3) is 0 Å². The van der Waals surface area contributed by atoms with E-state index in [9.17, 15) is 15.3 Å². The monoisotopic (exact) mass is 539 g/mol. The van der Waals surface area contributed by atoms with E-state index in [0.717, 1.165) is 39.9 Å². The molecule has 3 aromatic rings. The highest BCUT2D eigenvalue weighted by Crippen LogP contribution is 2.74. The van der Waals surface area contributed by atoms with Crippen molar-refractivity contribution >= 4 is 10.9 Å². The summed E-state index contributed by atoms with van der Waals surface area (Å²) in [6, 6.07) is 7.42. The largest absolute Gasteiger partial charge is 0.508 e. The van der Waals surface area contributed by atoms with Crippen LogP contribution in [0.5, 0.6) is 17.2 Å². The molecular formula is C36H45NO3. The predicted molar refractivity (Wildman–Crippen MR) is 161 cm³/mol. The van der Waals surface area contributed by atoms with Crippen molar-refractivity contribution in [1.82, 2.24) is 4.98 Å². The van der Waals surface area contributed by atoms with Gasteiger partial charge in [-0.3, -0.25) is 0 Å². The first-order chi connectivity index (χ1) is 18.8. The maximum absolute atomic E-state index is 11.0. The zero-order valence-electron chi connectivity index (χ0n) is 25.0. The van der Waals surface area contributed by atoms with Crippen LogP contribution in [0.15, 0.2) is 42.1 Å². The maximum atomic E-state index is 11.0. The summed E-state index contributed by atoms with van der Waals surface area (Å²) < 4.78 is 0. The second-order valence-electron chi connectivity index (χ2n) is 15.0. The Kier molecular flexibility index (Phi) is 5.28. The lowest BCUT2D eigenvalue weighted by molar-refractivity contribution is -0.145. The number of aromatic nitrogens is 1. The first-order valence-corrected chi connectivity index (χ1v) is 15.4. The second-order valence-corrected chi connectivity index (χ2v) is 15.0. The molecule has 4 heteroatoms. The highest BCUT2D eigenvalue weighted by molar-refractivity contribution is 5.86. The van der Waals surface area contributed by atoms with Crippen LogP contribution in [0.3, 0.4) is 0 Å². The molecule has 0 saturated heterocycles. The average Bonchev–Trinajstić information content (AvgIpc) is 3.33. The first kappa shape index (κ1) is 26.0. The molecule has 3 fully saturated rings. The molecule has 4 aliphatic rings. The van der Waals surface area contributed by atoms with E-state index in [-0.39, 0.29) is 39.4 Å². The van der Waals surface area contributed by atoms with Crippen LogP contribution >= 0.6 is 0 Å². The summed E-state index contributed by atoms with van der Waals surface area (Å²) in [6.07, 6.45) is 13.4. The van der Waals surface area contributed by atoms with E-state index in [1.807, 2.05) is 19.1 Å². The molecule has 7 atom stereocenters. The number of fused-ring (bicyclic) bond motifs is 8. The Morgan fingerprint density at radius 2 is 1.70 bits per heavy atom. The summed E-state index contributed by atoms with van der Waals surface area (Å²) in [5, 5.41) is 33.1. The SMILES string of the molecule is Cc1c(O)c(O)cc2c1C(c1c[nH]c3cc(O)ccc13)C=C1[C@@]2(C)CC[C@@]2(C)[C@@H]3C[C@@H](C)CC[C@]3(C)CC[C@]12C. The molecule has 212 valence electrons. The third-order valence-electron chi connectivity index (χ3n) is 13.1. The lowest BCUT2D eigenvalue weighted by Crippen LogP contribution is -2.61. The Balaban J connectivity index is 1.48. The number of hydrogen-bond acceptors (Lipinski definition) is 3. The summed E-state index contributed by atoms with van der Waals surface area (Å²) in [7, 11) is 0. The van der Waals surface area contributed by atoms with Crippen LogP contribution in [-0.2, 0) is 5.41 Å². The number of aromatic amines is 1. The van der Waals surface area contributed by atoms with Gasteiger partial charge >= 0.3 is 0 Å². The summed E-state index contributed by atoms with van der Waals surface area (Å²) in [5.74, 6) is 1.65. The molecule has 4 nitrogen and oxygen atoms in total. The average molecular weight is 540 g/mol. The van der Waals surface area contributed by atoms with Crippen molar-refractivity contribution in [3.63, 3.8) is 0 Å². The number of phenols is 3. The third-order valence-corrected chi connectivity index (χ3v) is 13.1. The van der Waals surface area contributed by atoms with E-state index in [1.165, 1.54) is 49.7 Å². The van der Waals surface area contributed by atoms with Crippen molar-refractivity contribution in [2.45, 2.75) is 97.8 Å². The van der Waals surface area contributed by atoms with Gasteiger partial charge in [0.15, 0.2) is 11.5 Å². The second kappa shape index (κ2) is 8.11. The third kappa shape index (κ3) is 3.14. The van der Waals surface area contributed by atoms with Crippen molar-refractivity contribution < 1.29 is 15.3 Å². The van der Waals surface area contributed by atoms with Crippen LogP contribution in [0.4, 0.5) is 0 Å². The predicted octanol–water partition coefficient (Wildman–Crippen LogP) is 8.97. The van der Waals surface area contributed by atoms with Gasteiger partial charge in [-0.1, -0.05) is 52.7 Å². The van der Waals surface area contributed by atoms with Crippen molar-refractivity contribution in [1.29, 1.82) is 0 Å². The molecule has 0 amide bonds. The summed E-state index contributed by atoms with van der Waals surface area (Å²) >= 11 is 0. The van der Waals surface area contributed by atoms with Gasteiger partial charge in [-0.2, -0.15) is 0 Å². The van der Waals surface area contributed by atoms with Crippen molar-refractivity contribution in [2.24, 2.45) is 28.1 Å². The molecular weight excluding hydrogens is 494 g/mol. The minimum Gasteiger partial charge on any atom is -0.508 e. The lowest BCUT2D eigenvalue weighted by atomic mass is 9.35. The fourth-order valence-electron chi connectivity index (χ4n) is 10.4. The fourth-order valence-corrected chi connectivity index (χ4v) is 10.4. The normalized spacial score (nSPS) is 38.6. The minimum absolute atomic E-state index is 0.0156. The fraction of sp³-hybridized carbons (Fsp3) is 0.556. The molecule has 0 aliphatic heterocycles. The Bertz CT molecular complexity index is 1580. The van der Waals surface area contributed by atoms with E-state index >= 15 is 0 Å². The molecule has 4 N–H and O–H groups in total. The van der Waals surface area contributed by atoms with Gasteiger partial charge in [0.2, 0.25) is 0 Å². The number of aromatic hydroxyl groups is 3. The van der Waals surface area contributed by atoms with E-state index in [2.05, 4.69) is 51.9 Å². The number of phenolic OH excluding ortho intramolecular Hbond substituents is 3. The molecule has 1 heterocycles. The van der Waals surface area contributed by atoms with Crippen LogP contribution in [0.1, 0.15) is 108 Å². The number of rotatable bonds is 1. The number of allylic oxidation sites excluding steroid dienone is 2. The number of hydrogen-bond donors (Lipinski definition) is 4. The van der Waals surface area contributed by atoms with Crippen LogP contribution in [0.25, 0.3) is 10.9 Å². The van der Waals surface area contributed by atoms with Gasteiger partial charge in [-0.25, -0.2) is 0 Å². The number of nitrogens with one attached hydrogen (secondary N) is 1. The highest BCUT2D eigenvalue weighted by atomic mass is 16.3. The van der Waals surface area contributed by atoms with Gasteiger partial charge < -0.3 is 20.3 Å². The standard InChI is InChI=1S/C36H45NO3/c1-20-9-10-33(3)11-13-36(6)30-17-24(25-19-37-27-16-22(38)7-8-23(25)27)31-21(2)32(40)28(39)18-26(31)34(30,4)12-14-35(36,5)29(33)15-20/h7-8,16-20,24,29,37-40H,9-15H2,1-6H3/t20-,24?,29+,33+,34-,35-,36+/m0/s1. The first-order valence-electron chi connectivity index (χ1n) is 15.4. The van der Waals surface area contributed by atoms with Gasteiger partial charge in [-0.05, 0) is 114 Å². The van der Waals surface area contributed by atoms with E-state index in [0.29, 0.717) is 11.3 Å². The van der Waals surface area contributed by atoms with Gasteiger partial charge in [-0.15, -0.1) is 0 Å². The zero-order chi connectivity index (χ0) is 28.4. The molecule has 0 bridgehead atoms. The van der Waals surface area contributed by atoms with Crippen LogP contribution in [-0.4, -0.2) is 20.3 Å². The molecule has 40 heavy (non-hydrogen) atoms. The molecule has 3 saturated carbocycles. The molecule has 1 aromatic heterocycles. The van der Waals surface area contributed by atoms with Gasteiger partial charge in [0.1, 0.15) is 5.75 Å². The van der Waals surface area contributed by atoms with Crippen LogP contribution in [0.2, 0.25) is 0 Å². The Hall–Kier alpha value is -2.88. The van der Waals surface area contributed by atoms with Crippen LogP contribution < -0.4 is 0 Å². The van der Waals surface area contributed by atoms with E-state index < -0.39 is 0 Å². The van der Waals surface area contributed by atoms with Crippen LogP contribution in [0, 0.1) is 35.0 Å². The summed E-state index contributed by atoms with van der Waals surface area (Å²) in [4.78, 5) is 3.40. The Morgan fingerprint density at radius 3 is 2.48 bits per heavy atom. The Labute approximate surface area is 238 Å². The maximum Gasteiger partial charge on any atom is 0.160 e. The molecule has 0 spiro atoms. The molecule has 4 aliphatic carbocycles. The molecule has 0 radical (unpaired) electrons. The highest BCUT2D eigenvalue weighted by Gasteiger charge is 2.65. The number of benzene rings is 2. The van der Waals surface area contributed by atoms with Gasteiger partial charge in [0.05, 0.1) is 0 Å². The molecule has 2 aromatic carbocycles. The van der Waals surface area contributed by atoms with Crippen molar-refractivity contribution in [3.05, 3.63) is 64.4 Å². The van der Waals surface area contributed by atoms with Gasteiger partial charge in [0, 0.05) is 34.5 Å². The topological polar surface area (TPSA) is 76.5 Å². The minimum atomic E-state index is -0.200.